The lowest BCUT2D eigenvalue weighted by molar-refractivity contribution is 0.0147. The second kappa shape index (κ2) is 5.46. The Bertz CT molecular complexity index is 393. The van der Waals surface area contributed by atoms with Gasteiger partial charge in [-0.1, -0.05) is 22.0 Å². The maximum Gasteiger partial charge on any atom is 0.124 e. The first-order chi connectivity index (χ1) is 8.10. The predicted octanol–water partition coefficient (Wildman–Crippen LogP) is 3.42. The van der Waals surface area contributed by atoms with Gasteiger partial charge >= 0.3 is 0 Å². The van der Waals surface area contributed by atoms with Gasteiger partial charge in [0.15, 0.2) is 0 Å². The van der Waals surface area contributed by atoms with Crippen LogP contribution in [0.2, 0.25) is 0 Å². The molecule has 0 bridgehead atoms. The zero-order valence-electron chi connectivity index (χ0n) is 10.0. The summed E-state index contributed by atoms with van der Waals surface area (Å²) in [7, 11) is 1.75. The minimum Gasteiger partial charge on any atom is -0.381 e. The van der Waals surface area contributed by atoms with E-state index in [1.165, 1.54) is 12.1 Å². The number of nitrogens with one attached hydrogen (secondary N) is 1. The van der Waals surface area contributed by atoms with E-state index < -0.39 is 0 Å². The van der Waals surface area contributed by atoms with Crippen LogP contribution < -0.4 is 5.32 Å². The second-order valence-corrected chi connectivity index (χ2v) is 5.43. The molecule has 0 radical (unpaired) electrons. The van der Waals surface area contributed by atoms with E-state index in [1.807, 2.05) is 6.07 Å². The first kappa shape index (κ1) is 13.0. The molecule has 4 heteroatoms. The van der Waals surface area contributed by atoms with Gasteiger partial charge in [-0.05, 0) is 37.5 Å². The van der Waals surface area contributed by atoms with E-state index in [0.717, 1.165) is 22.9 Å². The number of hydrogen-bond acceptors (Lipinski definition) is 2. The lowest BCUT2D eigenvalue weighted by Crippen LogP contribution is -2.45. The van der Waals surface area contributed by atoms with Crippen LogP contribution in [0.25, 0.3) is 0 Å². The summed E-state index contributed by atoms with van der Waals surface area (Å²) in [5, 5.41) is 3.52. The van der Waals surface area contributed by atoms with Crippen LogP contribution in [0.4, 0.5) is 4.39 Å². The zero-order valence-corrected chi connectivity index (χ0v) is 11.6. The normalized spacial score (nSPS) is 25.4. The molecule has 0 amide bonds. The van der Waals surface area contributed by atoms with Crippen molar-refractivity contribution in [3.63, 3.8) is 0 Å². The van der Waals surface area contributed by atoms with Crippen molar-refractivity contribution in [2.75, 3.05) is 7.11 Å². The van der Waals surface area contributed by atoms with Gasteiger partial charge in [0.1, 0.15) is 5.82 Å². The molecule has 0 spiro atoms. The van der Waals surface area contributed by atoms with Crippen molar-refractivity contribution in [3.05, 3.63) is 34.1 Å². The third-order valence-corrected chi connectivity index (χ3v) is 4.03. The lowest BCUT2D eigenvalue weighted by Gasteiger charge is -2.37. The molecule has 1 aromatic carbocycles. The summed E-state index contributed by atoms with van der Waals surface area (Å²) in [5.41, 5.74) is 1.09. The van der Waals surface area contributed by atoms with Gasteiger partial charge in [0, 0.05) is 23.7 Å². The highest BCUT2D eigenvalue weighted by molar-refractivity contribution is 9.10. The molecule has 1 aliphatic carbocycles. The Kier molecular flexibility index (Phi) is 4.17. The summed E-state index contributed by atoms with van der Waals surface area (Å²) >= 11 is 3.40. The van der Waals surface area contributed by atoms with E-state index in [9.17, 15) is 4.39 Å². The van der Waals surface area contributed by atoms with E-state index in [1.54, 1.807) is 7.11 Å². The number of halogens is 2. The van der Waals surface area contributed by atoms with Crippen molar-refractivity contribution in [1.82, 2.24) is 5.32 Å². The molecule has 0 aliphatic heterocycles. The fraction of sp³-hybridized carbons (Fsp3) is 0.538. The maximum atomic E-state index is 13.0. The first-order valence-corrected chi connectivity index (χ1v) is 6.63. The van der Waals surface area contributed by atoms with Crippen molar-refractivity contribution in [2.24, 2.45) is 0 Å². The summed E-state index contributed by atoms with van der Waals surface area (Å²) in [4.78, 5) is 0. The number of ether oxygens (including phenoxy) is 1. The summed E-state index contributed by atoms with van der Waals surface area (Å²) in [6.45, 7) is 2.10. The van der Waals surface area contributed by atoms with E-state index >= 15 is 0 Å². The third-order valence-electron chi connectivity index (χ3n) is 3.34. The number of hydrogen-bond donors (Lipinski definition) is 1. The van der Waals surface area contributed by atoms with Crippen molar-refractivity contribution in [3.8, 4) is 0 Å². The molecule has 0 saturated heterocycles. The Morgan fingerprint density at radius 1 is 1.47 bits per heavy atom. The molecule has 1 N–H and O–H groups in total. The van der Waals surface area contributed by atoms with Crippen LogP contribution in [0, 0.1) is 5.82 Å². The van der Waals surface area contributed by atoms with Crippen molar-refractivity contribution >= 4 is 15.9 Å². The average Bonchev–Trinajstić information content (AvgIpc) is 2.22. The minimum absolute atomic E-state index is 0.212. The Morgan fingerprint density at radius 3 is 2.76 bits per heavy atom. The quantitative estimate of drug-likeness (QED) is 0.920. The summed E-state index contributed by atoms with van der Waals surface area (Å²) in [6.07, 6.45) is 2.51. The predicted molar refractivity (Wildman–Crippen MR) is 69.5 cm³/mol. The number of benzene rings is 1. The molecular weight excluding hydrogens is 285 g/mol. The molecule has 0 aromatic heterocycles. The van der Waals surface area contributed by atoms with Crippen LogP contribution in [0.3, 0.4) is 0 Å². The van der Waals surface area contributed by atoms with Gasteiger partial charge in [-0.25, -0.2) is 4.39 Å². The Hall–Kier alpha value is -0.450. The molecule has 2 nitrogen and oxygen atoms in total. The van der Waals surface area contributed by atoms with Gasteiger partial charge in [0.05, 0.1) is 6.10 Å². The lowest BCUT2D eigenvalue weighted by atomic mass is 9.88. The van der Waals surface area contributed by atoms with E-state index in [0.29, 0.717) is 12.1 Å². The molecule has 1 unspecified atom stereocenters. The van der Waals surface area contributed by atoms with Crippen LogP contribution >= 0.6 is 15.9 Å². The van der Waals surface area contributed by atoms with Gasteiger partial charge in [0.25, 0.3) is 0 Å². The second-order valence-electron chi connectivity index (χ2n) is 4.58. The fourth-order valence-electron chi connectivity index (χ4n) is 2.19. The molecule has 17 heavy (non-hydrogen) atoms. The molecule has 2 rings (SSSR count). The SMILES string of the molecule is COC1CC(NC(C)c2ccc(F)cc2Br)C1. The van der Waals surface area contributed by atoms with Gasteiger partial charge in [-0.15, -0.1) is 0 Å². The molecule has 1 saturated carbocycles. The van der Waals surface area contributed by atoms with Crippen molar-refractivity contribution in [2.45, 2.75) is 38.0 Å². The van der Waals surface area contributed by atoms with Crippen LogP contribution in [0.15, 0.2) is 22.7 Å². The highest BCUT2D eigenvalue weighted by atomic mass is 79.9. The summed E-state index contributed by atoms with van der Waals surface area (Å²) in [5.74, 6) is -0.212. The van der Waals surface area contributed by atoms with Crippen LogP contribution in [-0.2, 0) is 4.74 Å². The average molecular weight is 302 g/mol. The van der Waals surface area contributed by atoms with Crippen LogP contribution in [0.5, 0.6) is 0 Å². The molecule has 1 aliphatic rings. The zero-order chi connectivity index (χ0) is 12.4. The molecule has 0 heterocycles. The highest BCUT2D eigenvalue weighted by Gasteiger charge is 2.30. The Balaban J connectivity index is 1.93. The molecule has 1 aromatic rings. The smallest absolute Gasteiger partial charge is 0.124 e. The highest BCUT2D eigenvalue weighted by Crippen LogP contribution is 2.28. The first-order valence-electron chi connectivity index (χ1n) is 5.84. The standard InChI is InChI=1S/C13H17BrFNO/c1-8(16-10-6-11(7-10)17-2)12-4-3-9(15)5-13(12)14/h3-5,8,10-11,16H,6-7H2,1-2H3. The van der Waals surface area contributed by atoms with Crippen LogP contribution in [0.1, 0.15) is 31.4 Å². The van der Waals surface area contributed by atoms with E-state index in [4.69, 9.17) is 4.74 Å². The van der Waals surface area contributed by atoms with E-state index in [2.05, 4.69) is 28.2 Å². The van der Waals surface area contributed by atoms with Crippen molar-refractivity contribution in [1.29, 1.82) is 0 Å². The maximum absolute atomic E-state index is 13.0. The molecular formula is C13H17BrFNO. The topological polar surface area (TPSA) is 21.3 Å². The molecule has 1 fully saturated rings. The van der Waals surface area contributed by atoms with Gasteiger partial charge < -0.3 is 10.1 Å². The summed E-state index contributed by atoms with van der Waals surface area (Å²) < 4.78 is 19.0. The fourth-order valence-corrected chi connectivity index (χ4v) is 2.88. The minimum atomic E-state index is -0.212. The Labute approximate surface area is 110 Å². The Morgan fingerprint density at radius 2 is 2.18 bits per heavy atom. The van der Waals surface area contributed by atoms with Crippen molar-refractivity contribution < 1.29 is 9.13 Å². The third kappa shape index (κ3) is 3.06. The van der Waals surface area contributed by atoms with Gasteiger partial charge in [-0.2, -0.15) is 0 Å². The summed E-state index contributed by atoms with van der Waals surface area (Å²) in [6, 6.07) is 5.55. The van der Waals surface area contributed by atoms with E-state index in [-0.39, 0.29) is 11.9 Å². The largest absolute Gasteiger partial charge is 0.381 e. The van der Waals surface area contributed by atoms with Gasteiger partial charge in [-0.3, -0.25) is 0 Å². The monoisotopic (exact) mass is 301 g/mol. The molecule has 1 atom stereocenters. The van der Waals surface area contributed by atoms with Crippen LogP contribution in [-0.4, -0.2) is 19.3 Å². The van der Waals surface area contributed by atoms with Gasteiger partial charge in [0.2, 0.25) is 0 Å². The molecule has 94 valence electrons. The number of methoxy groups -OCH3 is 1. The number of rotatable bonds is 4.